The summed E-state index contributed by atoms with van der Waals surface area (Å²) in [5.74, 6) is 0. The van der Waals surface area contributed by atoms with E-state index in [4.69, 9.17) is 0 Å². The summed E-state index contributed by atoms with van der Waals surface area (Å²) in [4.78, 5) is 0. The minimum atomic E-state index is 1.10. The smallest absolute Gasteiger partial charge is 0.0169 e. The van der Waals surface area contributed by atoms with Gasteiger partial charge in [0.1, 0.15) is 0 Å². The molecule has 0 saturated heterocycles. The lowest BCUT2D eigenvalue weighted by atomic mass is 10.1. The summed E-state index contributed by atoms with van der Waals surface area (Å²) in [7, 11) is 0. The second kappa shape index (κ2) is 15.5. The maximum atomic E-state index is 3.86. The van der Waals surface area contributed by atoms with Gasteiger partial charge in [0.15, 0.2) is 0 Å². The summed E-state index contributed by atoms with van der Waals surface area (Å²) >= 11 is 0. The van der Waals surface area contributed by atoms with E-state index in [1.807, 2.05) is 0 Å². The van der Waals surface area contributed by atoms with Gasteiger partial charge in [-0.3, -0.25) is 0 Å². The average molecular weight is 235 g/mol. The van der Waals surface area contributed by atoms with Crippen LogP contribution in [0, 0.1) is 6.92 Å². The van der Waals surface area contributed by atoms with Gasteiger partial charge in [-0.1, -0.05) is 83.1 Å². The van der Waals surface area contributed by atoms with E-state index >= 15 is 0 Å². The monoisotopic (exact) mass is 235 g/mol. The normalized spacial score (nSPS) is 11.9. The van der Waals surface area contributed by atoms with Gasteiger partial charge in [0, 0.05) is 0 Å². The first-order chi connectivity index (χ1) is 8.41. The fourth-order valence-electron chi connectivity index (χ4n) is 1.80. The first-order valence-electron chi connectivity index (χ1n) is 7.51. The average Bonchev–Trinajstić information content (AvgIpc) is 2.35. The number of rotatable bonds is 12. The van der Waals surface area contributed by atoms with Crippen molar-refractivity contribution >= 4 is 0 Å². The van der Waals surface area contributed by atoms with Crippen molar-refractivity contribution in [3.05, 3.63) is 31.2 Å². The molecule has 0 aromatic heterocycles. The second-order valence-corrected chi connectivity index (χ2v) is 4.73. The third kappa shape index (κ3) is 15.5. The van der Waals surface area contributed by atoms with Crippen LogP contribution in [0.4, 0.5) is 0 Å². The lowest BCUT2D eigenvalue weighted by Gasteiger charge is -1.97. The second-order valence-electron chi connectivity index (χ2n) is 4.73. The van der Waals surface area contributed by atoms with Gasteiger partial charge in [-0.05, 0) is 25.7 Å². The molecule has 0 aliphatic carbocycles. The highest BCUT2D eigenvalue weighted by Crippen LogP contribution is 2.07. The fraction of sp³-hybridized carbons (Fsp3) is 0.706. The Morgan fingerprint density at radius 3 is 1.94 bits per heavy atom. The molecule has 0 bridgehead atoms. The van der Waals surface area contributed by atoms with Gasteiger partial charge in [-0.2, -0.15) is 0 Å². The summed E-state index contributed by atoms with van der Waals surface area (Å²) in [6, 6.07) is 0. The molecule has 0 amide bonds. The highest BCUT2D eigenvalue weighted by molar-refractivity contribution is 4.92. The van der Waals surface area contributed by atoms with Crippen LogP contribution in [-0.2, 0) is 0 Å². The number of hydrogen-bond donors (Lipinski definition) is 0. The van der Waals surface area contributed by atoms with Gasteiger partial charge in [0.25, 0.3) is 0 Å². The van der Waals surface area contributed by atoms with E-state index in [-0.39, 0.29) is 0 Å². The molecule has 0 heteroatoms. The lowest BCUT2D eigenvalue weighted by molar-refractivity contribution is 0.621. The van der Waals surface area contributed by atoms with Crippen molar-refractivity contribution < 1.29 is 0 Å². The van der Waals surface area contributed by atoms with Crippen LogP contribution in [0.3, 0.4) is 0 Å². The van der Waals surface area contributed by atoms with E-state index in [2.05, 4.69) is 38.2 Å². The molecule has 17 heavy (non-hydrogen) atoms. The Balaban J connectivity index is 3.11. The summed E-state index contributed by atoms with van der Waals surface area (Å²) in [5.41, 5.74) is 0. The first kappa shape index (κ1) is 16.5. The molecule has 0 aliphatic heterocycles. The van der Waals surface area contributed by atoms with Crippen LogP contribution in [0.1, 0.15) is 77.6 Å². The number of unbranched alkanes of at least 4 members (excludes halogenated alkanes) is 8. The van der Waals surface area contributed by atoms with Crippen molar-refractivity contribution in [3.63, 3.8) is 0 Å². The van der Waals surface area contributed by atoms with Crippen molar-refractivity contribution in [2.24, 2.45) is 0 Å². The molecule has 0 saturated carbocycles. The van der Waals surface area contributed by atoms with Crippen molar-refractivity contribution in [1.29, 1.82) is 0 Å². The fourth-order valence-corrected chi connectivity index (χ4v) is 1.80. The van der Waals surface area contributed by atoms with Crippen LogP contribution in [-0.4, -0.2) is 0 Å². The van der Waals surface area contributed by atoms with E-state index < -0.39 is 0 Å². The van der Waals surface area contributed by atoms with E-state index in [9.17, 15) is 0 Å². The van der Waals surface area contributed by atoms with Gasteiger partial charge >= 0.3 is 0 Å². The zero-order chi connectivity index (χ0) is 12.6. The van der Waals surface area contributed by atoms with Crippen molar-refractivity contribution in [3.8, 4) is 0 Å². The Morgan fingerprint density at radius 1 is 0.706 bits per heavy atom. The zero-order valence-electron chi connectivity index (χ0n) is 11.8. The SMILES string of the molecule is [CH2]CCCCCCCC=CCC=CCCCC. The quantitative estimate of drug-likeness (QED) is 0.277. The Labute approximate surface area is 109 Å². The van der Waals surface area contributed by atoms with Gasteiger partial charge in [-0.15, -0.1) is 0 Å². The molecule has 0 heterocycles. The summed E-state index contributed by atoms with van der Waals surface area (Å²) in [5, 5.41) is 0. The van der Waals surface area contributed by atoms with Gasteiger partial charge < -0.3 is 0 Å². The molecule has 99 valence electrons. The van der Waals surface area contributed by atoms with Crippen LogP contribution >= 0.6 is 0 Å². The van der Waals surface area contributed by atoms with E-state index in [1.54, 1.807) is 0 Å². The predicted octanol–water partition coefficient (Wildman–Crippen LogP) is 6.24. The minimum absolute atomic E-state index is 1.10. The van der Waals surface area contributed by atoms with Crippen molar-refractivity contribution in [2.45, 2.75) is 77.6 Å². The number of allylic oxidation sites excluding steroid dienone is 4. The first-order valence-corrected chi connectivity index (χ1v) is 7.51. The standard InChI is InChI=1S/C17H31/c1-3-5-7-9-11-13-15-17-16-14-12-10-8-6-4-2/h10,12,16-17H,1,3-9,11,13-15H2,2H3. The topological polar surface area (TPSA) is 0 Å². The molecule has 0 aromatic rings. The highest BCUT2D eigenvalue weighted by atomic mass is 13.9. The van der Waals surface area contributed by atoms with Gasteiger partial charge in [0.2, 0.25) is 0 Å². The molecular formula is C17H31. The summed E-state index contributed by atoms with van der Waals surface area (Å²) < 4.78 is 0. The molecule has 1 radical (unpaired) electrons. The van der Waals surface area contributed by atoms with Gasteiger partial charge in [0.05, 0.1) is 0 Å². The third-order valence-corrected chi connectivity index (χ3v) is 2.95. The molecule has 0 aliphatic rings. The molecule has 0 rings (SSSR count). The van der Waals surface area contributed by atoms with Gasteiger partial charge in [-0.25, -0.2) is 0 Å². The van der Waals surface area contributed by atoms with Crippen LogP contribution in [0.25, 0.3) is 0 Å². The molecule has 0 nitrogen and oxygen atoms in total. The molecular weight excluding hydrogens is 204 g/mol. The highest BCUT2D eigenvalue weighted by Gasteiger charge is 1.87. The molecule has 0 fully saturated rings. The summed E-state index contributed by atoms with van der Waals surface area (Å²) in [6.45, 7) is 6.10. The third-order valence-electron chi connectivity index (χ3n) is 2.95. The maximum absolute atomic E-state index is 3.86. The summed E-state index contributed by atoms with van der Waals surface area (Å²) in [6.07, 6.45) is 23.4. The Bertz CT molecular complexity index is 176. The molecule has 0 N–H and O–H groups in total. The van der Waals surface area contributed by atoms with Crippen LogP contribution in [0.2, 0.25) is 0 Å². The molecule has 0 atom stereocenters. The Hall–Kier alpha value is -0.520. The molecule has 0 spiro atoms. The zero-order valence-corrected chi connectivity index (χ0v) is 11.8. The van der Waals surface area contributed by atoms with E-state index in [1.165, 1.54) is 57.8 Å². The lowest BCUT2D eigenvalue weighted by Crippen LogP contribution is -1.77. The largest absolute Gasteiger partial charge is 0.0882 e. The molecule has 0 aromatic carbocycles. The Morgan fingerprint density at radius 2 is 1.29 bits per heavy atom. The Kier molecular flexibility index (Phi) is 15.0. The number of hydrogen-bond acceptors (Lipinski definition) is 0. The maximum Gasteiger partial charge on any atom is -0.0169 e. The minimum Gasteiger partial charge on any atom is -0.0882 e. The van der Waals surface area contributed by atoms with E-state index in [0.717, 1.165) is 12.8 Å². The van der Waals surface area contributed by atoms with Crippen molar-refractivity contribution in [1.82, 2.24) is 0 Å². The molecule has 0 unspecified atom stereocenters. The van der Waals surface area contributed by atoms with Crippen molar-refractivity contribution in [2.75, 3.05) is 0 Å². The van der Waals surface area contributed by atoms with Crippen LogP contribution in [0.5, 0.6) is 0 Å². The van der Waals surface area contributed by atoms with E-state index in [0.29, 0.717) is 0 Å². The van der Waals surface area contributed by atoms with Crippen LogP contribution < -0.4 is 0 Å². The predicted molar refractivity (Wildman–Crippen MR) is 80.1 cm³/mol. The van der Waals surface area contributed by atoms with Crippen LogP contribution in [0.15, 0.2) is 24.3 Å².